The van der Waals surface area contributed by atoms with Crippen LogP contribution in [0.3, 0.4) is 0 Å². The third kappa shape index (κ3) is 4.16. The maximum Gasteiger partial charge on any atom is 0.234 e. The van der Waals surface area contributed by atoms with Crippen molar-refractivity contribution in [2.45, 2.75) is 57.7 Å². The normalized spacial score (nSPS) is 22.0. The highest BCUT2D eigenvalue weighted by molar-refractivity contribution is 5.79. The molecule has 0 aliphatic heterocycles. The number of nitrogens with one attached hydrogen (secondary N) is 1. The lowest BCUT2D eigenvalue weighted by molar-refractivity contribution is -0.123. The number of benzene rings is 2. The van der Waals surface area contributed by atoms with Gasteiger partial charge in [-0.05, 0) is 38.8 Å². The van der Waals surface area contributed by atoms with Gasteiger partial charge in [0.05, 0.1) is 6.54 Å². The van der Waals surface area contributed by atoms with Crippen molar-refractivity contribution in [2.75, 3.05) is 6.54 Å². The van der Waals surface area contributed by atoms with Crippen molar-refractivity contribution in [3.8, 4) is 0 Å². The van der Waals surface area contributed by atoms with Gasteiger partial charge in [-0.1, -0.05) is 60.7 Å². The highest BCUT2D eigenvalue weighted by Crippen LogP contribution is 2.54. The second-order valence-corrected chi connectivity index (χ2v) is 7.83. The van der Waals surface area contributed by atoms with Gasteiger partial charge in [-0.3, -0.25) is 9.69 Å². The van der Waals surface area contributed by atoms with E-state index in [4.69, 9.17) is 0 Å². The van der Waals surface area contributed by atoms with E-state index in [1.807, 2.05) is 12.1 Å². The van der Waals surface area contributed by atoms with Gasteiger partial charge >= 0.3 is 0 Å². The van der Waals surface area contributed by atoms with Crippen molar-refractivity contribution in [1.29, 1.82) is 0 Å². The van der Waals surface area contributed by atoms with Gasteiger partial charge in [-0.25, -0.2) is 0 Å². The number of amides is 1. The van der Waals surface area contributed by atoms with E-state index >= 15 is 0 Å². The highest BCUT2D eigenvalue weighted by Gasteiger charge is 2.52. The Bertz CT molecular complexity index is 658. The van der Waals surface area contributed by atoms with Crippen LogP contribution in [-0.4, -0.2) is 35.5 Å². The van der Waals surface area contributed by atoms with Crippen LogP contribution >= 0.6 is 0 Å². The minimum atomic E-state index is 0.122. The Morgan fingerprint density at radius 1 is 0.846 bits per heavy atom. The van der Waals surface area contributed by atoms with Crippen molar-refractivity contribution < 1.29 is 4.79 Å². The van der Waals surface area contributed by atoms with Crippen LogP contribution in [0.2, 0.25) is 0 Å². The molecule has 3 nitrogen and oxygen atoms in total. The molecule has 1 N–H and O–H groups in total. The maximum atomic E-state index is 12.7. The molecule has 1 aliphatic rings. The van der Waals surface area contributed by atoms with Crippen LogP contribution in [0.25, 0.3) is 0 Å². The minimum absolute atomic E-state index is 0.122. The van der Waals surface area contributed by atoms with Gasteiger partial charge in [0.25, 0.3) is 0 Å². The Kier molecular flexibility index (Phi) is 5.77. The minimum Gasteiger partial charge on any atom is -0.351 e. The molecule has 1 amide bonds. The fourth-order valence-electron chi connectivity index (χ4n) is 4.03. The number of carbonyl (C=O) groups is 1. The van der Waals surface area contributed by atoms with Crippen LogP contribution in [0.4, 0.5) is 0 Å². The van der Waals surface area contributed by atoms with Gasteiger partial charge in [0, 0.05) is 30.0 Å². The number of hydrogen-bond acceptors (Lipinski definition) is 2. The molecule has 26 heavy (non-hydrogen) atoms. The van der Waals surface area contributed by atoms with Crippen LogP contribution in [-0.2, 0) is 4.79 Å². The van der Waals surface area contributed by atoms with E-state index in [-0.39, 0.29) is 11.9 Å². The first kappa shape index (κ1) is 18.7. The second-order valence-electron chi connectivity index (χ2n) is 7.83. The van der Waals surface area contributed by atoms with Gasteiger partial charge in [-0.2, -0.15) is 0 Å². The lowest BCUT2D eigenvalue weighted by Gasteiger charge is -2.29. The SMILES string of the molecule is CC(C)N(CC(=O)N[C@@H]1[C@@H](c2ccccc2)[C@H]1c1ccccc1)C(C)C. The smallest absolute Gasteiger partial charge is 0.234 e. The first-order valence-corrected chi connectivity index (χ1v) is 9.64. The van der Waals surface area contributed by atoms with Crippen LogP contribution < -0.4 is 5.32 Å². The number of nitrogens with zero attached hydrogens (tertiary/aromatic N) is 1. The molecule has 1 fully saturated rings. The summed E-state index contributed by atoms with van der Waals surface area (Å²) in [7, 11) is 0. The van der Waals surface area contributed by atoms with Crippen LogP contribution in [0, 0.1) is 0 Å². The second kappa shape index (κ2) is 8.05. The molecule has 3 atom stereocenters. The summed E-state index contributed by atoms with van der Waals surface area (Å²) in [6.07, 6.45) is 0. The van der Waals surface area contributed by atoms with E-state index in [1.165, 1.54) is 11.1 Å². The Hall–Kier alpha value is -2.13. The van der Waals surface area contributed by atoms with Crippen molar-refractivity contribution in [1.82, 2.24) is 10.2 Å². The van der Waals surface area contributed by atoms with Crippen molar-refractivity contribution >= 4 is 5.91 Å². The predicted octanol–water partition coefficient (Wildman–Crippen LogP) is 4.17. The number of hydrogen-bond donors (Lipinski definition) is 1. The molecule has 3 heteroatoms. The molecule has 0 heterocycles. The van der Waals surface area contributed by atoms with Crippen molar-refractivity contribution in [3.63, 3.8) is 0 Å². The van der Waals surface area contributed by atoms with Gasteiger partial charge in [0.2, 0.25) is 5.91 Å². The molecule has 1 saturated carbocycles. The van der Waals surface area contributed by atoms with E-state index in [9.17, 15) is 4.79 Å². The third-order valence-electron chi connectivity index (χ3n) is 5.37. The van der Waals surface area contributed by atoms with Gasteiger partial charge in [0.1, 0.15) is 0 Å². The fraction of sp³-hybridized carbons (Fsp3) is 0.435. The summed E-state index contributed by atoms with van der Waals surface area (Å²) in [5.41, 5.74) is 2.60. The summed E-state index contributed by atoms with van der Waals surface area (Å²) < 4.78 is 0. The van der Waals surface area contributed by atoms with E-state index in [0.717, 1.165) is 0 Å². The predicted molar refractivity (Wildman–Crippen MR) is 107 cm³/mol. The van der Waals surface area contributed by atoms with E-state index < -0.39 is 0 Å². The maximum absolute atomic E-state index is 12.7. The zero-order valence-electron chi connectivity index (χ0n) is 16.2. The molecule has 0 radical (unpaired) electrons. The molecule has 0 bridgehead atoms. The largest absolute Gasteiger partial charge is 0.351 e. The van der Waals surface area contributed by atoms with Gasteiger partial charge in [-0.15, -0.1) is 0 Å². The standard InChI is InChI=1S/C23H30N2O/c1-16(2)25(17(3)4)15-20(26)24-23-21(18-11-7-5-8-12-18)22(23)19-13-9-6-10-14-19/h5-14,16-17,21-23H,15H2,1-4H3,(H,24,26)/t21-,22+,23+. The average molecular weight is 351 g/mol. The van der Waals surface area contributed by atoms with E-state index in [0.29, 0.717) is 30.5 Å². The summed E-state index contributed by atoms with van der Waals surface area (Å²) >= 11 is 0. The average Bonchev–Trinajstić information content (AvgIpc) is 3.34. The Balaban J connectivity index is 1.73. The van der Waals surface area contributed by atoms with Crippen LogP contribution in [0.5, 0.6) is 0 Å². The highest BCUT2D eigenvalue weighted by atomic mass is 16.2. The topological polar surface area (TPSA) is 32.3 Å². The van der Waals surface area contributed by atoms with Crippen molar-refractivity contribution in [2.24, 2.45) is 0 Å². The molecule has 1 aliphatic carbocycles. The summed E-state index contributed by atoms with van der Waals surface area (Å²) in [6.45, 7) is 9.02. The van der Waals surface area contributed by atoms with Crippen LogP contribution in [0.15, 0.2) is 60.7 Å². The lowest BCUT2D eigenvalue weighted by Crippen LogP contribution is -2.45. The molecule has 0 unspecified atom stereocenters. The fourth-order valence-corrected chi connectivity index (χ4v) is 4.03. The Labute approximate surface area is 157 Å². The Morgan fingerprint density at radius 2 is 1.27 bits per heavy atom. The molecular formula is C23H30N2O. The monoisotopic (exact) mass is 350 g/mol. The molecule has 138 valence electrons. The van der Waals surface area contributed by atoms with E-state index in [2.05, 4.69) is 86.4 Å². The van der Waals surface area contributed by atoms with Crippen LogP contribution in [0.1, 0.15) is 50.7 Å². The summed E-state index contributed by atoms with van der Waals surface area (Å²) in [5.74, 6) is 0.833. The molecular weight excluding hydrogens is 320 g/mol. The van der Waals surface area contributed by atoms with E-state index in [1.54, 1.807) is 0 Å². The summed E-state index contributed by atoms with van der Waals surface area (Å²) in [6, 6.07) is 22.0. The Morgan fingerprint density at radius 3 is 1.65 bits per heavy atom. The molecule has 0 spiro atoms. The quantitative estimate of drug-likeness (QED) is 0.813. The van der Waals surface area contributed by atoms with Crippen molar-refractivity contribution in [3.05, 3.63) is 71.8 Å². The molecule has 0 aromatic heterocycles. The molecule has 2 aromatic rings. The molecule has 2 aromatic carbocycles. The van der Waals surface area contributed by atoms with Gasteiger partial charge in [0.15, 0.2) is 0 Å². The zero-order chi connectivity index (χ0) is 18.7. The number of rotatable bonds is 7. The first-order valence-electron chi connectivity index (χ1n) is 9.64. The molecule has 0 saturated heterocycles. The molecule has 3 rings (SSSR count). The lowest BCUT2D eigenvalue weighted by atomic mass is 10.0. The zero-order valence-corrected chi connectivity index (χ0v) is 16.2. The summed E-state index contributed by atoms with van der Waals surface area (Å²) in [5, 5.41) is 3.31. The number of carbonyl (C=O) groups excluding carboxylic acids is 1. The summed E-state index contributed by atoms with van der Waals surface area (Å²) in [4.78, 5) is 14.9. The first-order chi connectivity index (χ1) is 12.5. The third-order valence-corrected chi connectivity index (χ3v) is 5.37. The van der Waals surface area contributed by atoms with Gasteiger partial charge < -0.3 is 5.32 Å².